The molecule has 1 aromatic carbocycles. The number of fused-ring (bicyclic) bond motifs is 1. The summed E-state index contributed by atoms with van der Waals surface area (Å²) < 4.78 is 11.2. The molecule has 3 nitrogen and oxygen atoms in total. The van der Waals surface area contributed by atoms with Crippen LogP contribution in [-0.4, -0.2) is 13.2 Å². The van der Waals surface area contributed by atoms with Crippen molar-refractivity contribution in [2.75, 3.05) is 13.2 Å². The molecule has 15 heavy (non-hydrogen) atoms. The van der Waals surface area contributed by atoms with E-state index in [0.717, 1.165) is 36.5 Å². The molecule has 1 aliphatic heterocycles. The second kappa shape index (κ2) is 4.53. The summed E-state index contributed by atoms with van der Waals surface area (Å²) in [6.45, 7) is 3.34. The molecule has 1 aromatic rings. The molecule has 0 saturated carbocycles. The lowest BCUT2D eigenvalue weighted by molar-refractivity contribution is 0.277. The molecule has 0 amide bonds. The highest BCUT2D eigenvalue weighted by atomic mass is 16.5. The van der Waals surface area contributed by atoms with Crippen LogP contribution in [0.25, 0.3) is 0 Å². The molecule has 0 bridgehead atoms. The molecule has 1 atom stereocenters. The van der Waals surface area contributed by atoms with Crippen LogP contribution in [0.15, 0.2) is 18.2 Å². The monoisotopic (exact) mass is 207 g/mol. The van der Waals surface area contributed by atoms with E-state index < -0.39 is 0 Å². The molecule has 0 aliphatic carbocycles. The van der Waals surface area contributed by atoms with Gasteiger partial charge in [-0.3, -0.25) is 0 Å². The van der Waals surface area contributed by atoms with Gasteiger partial charge in [-0.15, -0.1) is 0 Å². The second-order valence-corrected chi connectivity index (χ2v) is 3.70. The normalized spacial score (nSPS) is 20.0. The highest BCUT2D eigenvalue weighted by Gasteiger charge is 2.19. The molecular formula is C12H17NO2. The van der Waals surface area contributed by atoms with Crippen molar-refractivity contribution in [3.05, 3.63) is 23.8 Å². The Labute approximate surface area is 90.2 Å². The van der Waals surface area contributed by atoms with Crippen LogP contribution in [0.5, 0.6) is 11.5 Å². The Hall–Kier alpha value is -1.22. The molecule has 0 saturated heterocycles. The topological polar surface area (TPSA) is 44.5 Å². The van der Waals surface area contributed by atoms with Crippen LogP contribution in [0.3, 0.4) is 0 Å². The lowest BCUT2D eigenvalue weighted by Crippen LogP contribution is -2.09. The molecule has 2 rings (SSSR count). The van der Waals surface area contributed by atoms with Crippen LogP contribution in [0.1, 0.15) is 31.4 Å². The quantitative estimate of drug-likeness (QED) is 0.809. The average Bonchev–Trinajstić information content (AvgIpc) is 2.43. The van der Waals surface area contributed by atoms with Gasteiger partial charge in [-0.25, -0.2) is 0 Å². The van der Waals surface area contributed by atoms with Crippen LogP contribution >= 0.6 is 0 Å². The maximum absolute atomic E-state index is 6.08. The first-order chi connectivity index (χ1) is 7.33. The summed E-state index contributed by atoms with van der Waals surface area (Å²) in [4.78, 5) is 0. The molecule has 0 spiro atoms. The summed E-state index contributed by atoms with van der Waals surface area (Å²) in [5, 5.41) is 0. The van der Waals surface area contributed by atoms with E-state index in [9.17, 15) is 0 Å². The second-order valence-electron chi connectivity index (χ2n) is 3.70. The Morgan fingerprint density at radius 3 is 3.20 bits per heavy atom. The number of nitrogens with two attached hydrogens (primary N) is 1. The zero-order valence-corrected chi connectivity index (χ0v) is 9.03. The van der Waals surface area contributed by atoms with E-state index in [1.54, 1.807) is 0 Å². The third-order valence-electron chi connectivity index (χ3n) is 2.61. The van der Waals surface area contributed by atoms with Gasteiger partial charge in [0, 0.05) is 11.6 Å². The first kappa shape index (κ1) is 10.3. The van der Waals surface area contributed by atoms with Crippen molar-refractivity contribution in [3.63, 3.8) is 0 Å². The van der Waals surface area contributed by atoms with Gasteiger partial charge in [-0.05, 0) is 25.8 Å². The zero-order valence-electron chi connectivity index (χ0n) is 9.03. The van der Waals surface area contributed by atoms with Crippen molar-refractivity contribution in [1.29, 1.82) is 0 Å². The molecule has 3 heteroatoms. The number of para-hydroxylation sites is 1. The SMILES string of the molecule is CCOc1cccc2c1OCCCC2N. The maximum Gasteiger partial charge on any atom is 0.165 e. The molecule has 1 heterocycles. The van der Waals surface area contributed by atoms with E-state index in [2.05, 4.69) is 0 Å². The first-order valence-corrected chi connectivity index (χ1v) is 5.47. The first-order valence-electron chi connectivity index (χ1n) is 5.47. The van der Waals surface area contributed by atoms with E-state index in [4.69, 9.17) is 15.2 Å². The molecule has 82 valence electrons. The van der Waals surface area contributed by atoms with E-state index >= 15 is 0 Å². The lowest BCUT2D eigenvalue weighted by Gasteiger charge is -2.15. The minimum Gasteiger partial charge on any atom is -0.490 e. The van der Waals surface area contributed by atoms with Crippen LogP contribution in [0, 0.1) is 0 Å². The van der Waals surface area contributed by atoms with Gasteiger partial charge in [-0.1, -0.05) is 12.1 Å². The predicted octanol–water partition coefficient (Wildman–Crippen LogP) is 2.26. The molecule has 0 radical (unpaired) electrons. The Kier molecular flexibility index (Phi) is 3.11. The van der Waals surface area contributed by atoms with Gasteiger partial charge in [0.2, 0.25) is 0 Å². The van der Waals surface area contributed by atoms with Crippen molar-refractivity contribution in [2.24, 2.45) is 5.73 Å². The Balaban J connectivity index is 2.39. The molecule has 1 aliphatic rings. The van der Waals surface area contributed by atoms with Gasteiger partial charge in [0.25, 0.3) is 0 Å². The van der Waals surface area contributed by atoms with E-state index in [1.165, 1.54) is 0 Å². The fraction of sp³-hybridized carbons (Fsp3) is 0.500. The van der Waals surface area contributed by atoms with Crippen LogP contribution in [-0.2, 0) is 0 Å². The summed E-state index contributed by atoms with van der Waals surface area (Å²) >= 11 is 0. The van der Waals surface area contributed by atoms with Crippen molar-refractivity contribution in [3.8, 4) is 11.5 Å². The van der Waals surface area contributed by atoms with Crippen LogP contribution < -0.4 is 15.2 Å². The summed E-state index contributed by atoms with van der Waals surface area (Å²) in [6, 6.07) is 6.00. The molecular weight excluding hydrogens is 190 g/mol. The van der Waals surface area contributed by atoms with Crippen molar-refractivity contribution < 1.29 is 9.47 Å². The average molecular weight is 207 g/mol. The minimum absolute atomic E-state index is 0.0721. The van der Waals surface area contributed by atoms with Crippen LogP contribution in [0.2, 0.25) is 0 Å². The maximum atomic E-state index is 6.08. The lowest BCUT2D eigenvalue weighted by atomic mass is 10.0. The number of benzene rings is 1. The largest absolute Gasteiger partial charge is 0.490 e. The zero-order chi connectivity index (χ0) is 10.7. The predicted molar refractivity (Wildman–Crippen MR) is 59.3 cm³/mol. The van der Waals surface area contributed by atoms with Crippen molar-refractivity contribution >= 4 is 0 Å². The smallest absolute Gasteiger partial charge is 0.165 e. The van der Waals surface area contributed by atoms with Crippen LogP contribution in [0.4, 0.5) is 0 Å². The van der Waals surface area contributed by atoms with Gasteiger partial charge >= 0.3 is 0 Å². The Bertz CT molecular complexity index is 338. The summed E-state index contributed by atoms with van der Waals surface area (Å²) in [6.07, 6.45) is 1.98. The number of hydrogen-bond donors (Lipinski definition) is 1. The molecule has 0 fully saturated rings. The van der Waals surface area contributed by atoms with Crippen molar-refractivity contribution in [1.82, 2.24) is 0 Å². The molecule has 2 N–H and O–H groups in total. The minimum atomic E-state index is 0.0721. The van der Waals surface area contributed by atoms with Gasteiger partial charge < -0.3 is 15.2 Å². The van der Waals surface area contributed by atoms with Gasteiger partial charge in [-0.2, -0.15) is 0 Å². The summed E-state index contributed by atoms with van der Waals surface area (Å²) in [5.41, 5.74) is 7.14. The van der Waals surface area contributed by atoms with E-state index in [0.29, 0.717) is 6.61 Å². The molecule has 1 unspecified atom stereocenters. The Morgan fingerprint density at radius 2 is 2.40 bits per heavy atom. The van der Waals surface area contributed by atoms with E-state index in [-0.39, 0.29) is 6.04 Å². The standard InChI is InChI=1S/C12H17NO2/c1-2-14-11-7-3-5-9-10(13)6-4-8-15-12(9)11/h3,5,7,10H,2,4,6,8,13H2,1H3. The third kappa shape index (κ3) is 2.07. The van der Waals surface area contributed by atoms with Gasteiger partial charge in [0.05, 0.1) is 13.2 Å². The number of ether oxygens (including phenoxy) is 2. The Morgan fingerprint density at radius 1 is 1.53 bits per heavy atom. The summed E-state index contributed by atoms with van der Waals surface area (Å²) in [5.74, 6) is 1.65. The highest BCUT2D eigenvalue weighted by molar-refractivity contribution is 5.48. The summed E-state index contributed by atoms with van der Waals surface area (Å²) in [7, 11) is 0. The number of rotatable bonds is 2. The highest BCUT2D eigenvalue weighted by Crippen LogP contribution is 2.37. The fourth-order valence-corrected chi connectivity index (χ4v) is 1.88. The van der Waals surface area contributed by atoms with Gasteiger partial charge in [0.1, 0.15) is 0 Å². The molecule has 0 aromatic heterocycles. The van der Waals surface area contributed by atoms with Gasteiger partial charge in [0.15, 0.2) is 11.5 Å². The van der Waals surface area contributed by atoms with Crippen molar-refractivity contribution in [2.45, 2.75) is 25.8 Å². The van der Waals surface area contributed by atoms with E-state index in [1.807, 2.05) is 25.1 Å². The third-order valence-corrected chi connectivity index (χ3v) is 2.61. The number of hydrogen-bond acceptors (Lipinski definition) is 3. The fourth-order valence-electron chi connectivity index (χ4n) is 1.88.